The number of rotatable bonds is 6. The molecule has 2 aliphatic rings. The van der Waals surface area contributed by atoms with Crippen molar-refractivity contribution in [1.29, 1.82) is 0 Å². The minimum absolute atomic E-state index is 0.0635. The molecule has 36 heavy (non-hydrogen) atoms. The molecule has 1 aliphatic heterocycles. The van der Waals surface area contributed by atoms with Gasteiger partial charge in [0.2, 0.25) is 5.91 Å². The molecule has 1 aromatic carbocycles. The van der Waals surface area contributed by atoms with Crippen molar-refractivity contribution >= 4 is 34.9 Å². The van der Waals surface area contributed by atoms with Crippen LogP contribution in [0.2, 0.25) is 5.02 Å². The Kier molecular flexibility index (Phi) is 6.87. The minimum atomic E-state index is -0.702. The molecule has 9 heteroatoms. The number of carbonyl (C=O) groups excluding carboxylic acids is 3. The van der Waals surface area contributed by atoms with Crippen molar-refractivity contribution in [3.63, 3.8) is 0 Å². The number of anilines is 1. The van der Waals surface area contributed by atoms with Crippen LogP contribution in [-0.4, -0.2) is 49.6 Å². The summed E-state index contributed by atoms with van der Waals surface area (Å²) in [4.78, 5) is 50.2. The Morgan fingerprint density at radius 2 is 1.92 bits per heavy atom. The standard InChI is InChI=1S/C27H28ClN5O3/c1-32-15-23(30-16-32)25(34)18-7-5-17(6-8-18)14-33-24(13-20-4-2-3-11-29-20)26(35)31-22-12-19(28)9-10-21(22)27(33)36/h2-4,9-12,15-18,24H,5-8,13-14H2,1H3,(H,31,35)/t17?,18?,24-/m1/s1. The van der Waals surface area contributed by atoms with Crippen molar-refractivity contribution in [2.24, 2.45) is 18.9 Å². The van der Waals surface area contributed by atoms with Crippen LogP contribution >= 0.6 is 11.6 Å². The quantitative estimate of drug-likeness (QED) is 0.507. The number of nitrogens with one attached hydrogen (secondary N) is 1. The molecule has 0 saturated heterocycles. The number of carbonyl (C=O) groups is 3. The number of aryl methyl sites for hydroxylation is 1. The lowest BCUT2D eigenvalue weighted by Gasteiger charge is -2.35. The lowest BCUT2D eigenvalue weighted by atomic mass is 9.79. The van der Waals surface area contributed by atoms with Crippen molar-refractivity contribution < 1.29 is 14.4 Å². The summed E-state index contributed by atoms with van der Waals surface area (Å²) in [5, 5.41) is 3.36. The van der Waals surface area contributed by atoms with Gasteiger partial charge < -0.3 is 14.8 Å². The summed E-state index contributed by atoms with van der Waals surface area (Å²) < 4.78 is 1.78. The zero-order chi connectivity index (χ0) is 25.2. The monoisotopic (exact) mass is 505 g/mol. The third-order valence-corrected chi connectivity index (χ3v) is 7.40. The maximum Gasteiger partial charge on any atom is 0.256 e. The Hall–Kier alpha value is -3.52. The van der Waals surface area contributed by atoms with Crippen LogP contribution in [0.1, 0.15) is 52.2 Å². The fourth-order valence-corrected chi connectivity index (χ4v) is 5.40. The minimum Gasteiger partial charge on any atom is -0.340 e. The zero-order valence-electron chi connectivity index (χ0n) is 20.1. The molecule has 2 amide bonds. The summed E-state index contributed by atoms with van der Waals surface area (Å²) in [5.74, 6) is -0.249. The summed E-state index contributed by atoms with van der Waals surface area (Å²) in [7, 11) is 1.85. The fourth-order valence-electron chi connectivity index (χ4n) is 5.22. The van der Waals surface area contributed by atoms with Gasteiger partial charge in [0.1, 0.15) is 11.7 Å². The van der Waals surface area contributed by atoms with Crippen LogP contribution in [0, 0.1) is 11.8 Å². The number of amides is 2. The molecule has 0 radical (unpaired) electrons. The normalized spacial score (nSPS) is 22.1. The first-order chi connectivity index (χ1) is 17.4. The third kappa shape index (κ3) is 5.04. The predicted molar refractivity (Wildman–Crippen MR) is 136 cm³/mol. The molecule has 1 fully saturated rings. The van der Waals surface area contributed by atoms with Crippen molar-refractivity contribution in [2.45, 2.75) is 38.1 Å². The molecule has 5 rings (SSSR count). The largest absolute Gasteiger partial charge is 0.340 e. The molecule has 1 N–H and O–H groups in total. The van der Waals surface area contributed by atoms with E-state index in [0.29, 0.717) is 34.9 Å². The van der Waals surface area contributed by atoms with E-state index in [4.69, 9.17) is 11.6 Å². The number of nitrogens with zero attached hydrogens (tertiary/aromatic N) is 4. The zero-order valence-corrected chi connectivity index (χ0v) is 20.8. The van der Waals surface area contributed by atoms with Crippen molar-refractivity contribution in [2.75, 3.05) is 11.9 Å². The van der Waals surface area contributed by atoms with E-state index in [1.165, 1.54) is 0 Å². The molecule has 3 heterocycles. The summed E-state index contributed by atoms with van der Waals surface area (Å²) in [6, 6.07) is 9.79. The molecule has 1 aliphatic carbocycles. The topological polar surface area (TPSA) is 97.2 Å². The molecule has 1 saturated carbocycles. The maximum atomic E-state index is 13.7. The first-order valence-electron chi connectivity index (χ1n) is 12.2. The Labute approximate surface area is 214 Å². The van der Waals surface area contributed by atoms with Crippen LogP contribution in [0.5, 0.6) is 0 Å². The number of hydrogen-bond donors (Lipinski definition) is 1. The third-order valence-electron chi connectivity index (χ3n) is 7.17. The van der Waals surface area contributed by atoms with Gasteiger partial charge in [-0.15, -0.1) is 0 Å². The van der Waals surface area contributed by atoms with Gasteiger partial charge in [0.25, 0.3) is 5.91 Å². The van der Waals surface area contributed by atoms with Gasteiger partial charge >= 0.3 is 0 Å². The molecule has 8 nitrogen and oxygen atoms in total. The molecule has 0 bridgehead atoms. The van der Waals surface area contributed by atoms with Gasteiger partial charge in [-0.1, -0.05) is 17.7 Å². The van der Waals surface area contributed by atoms with Crippen LogP contribution < -0.4 is 5.32 Å². The molecule has 1 atom stereocenters. The number of hydrogen-bond acceptors (Lipinski definition) is 5. The molecule has 0 spiro atoms. The van der Waals surface area contributed by atoms with E-state index in [1.807, 2.05) is 25.2 Å². The van der Waals surface area contributed by atoms with Gasteiger partial charge in [0.05, 0.1) is 17.6 Å². The number of imidazole rings is 1. The summed E-state index contributed by atoms with van der Waals surface area (Å²) in [6.45, 7) is 0.441. The van der Waals surface area contributed by atoms with Gasteiger partial charge in [-0.3, -0.25) is 19.4 Å². The SMILES string of the molecule is Cn1cnc(C(=O)C2CCC(CN3C(=O)c4ccc(Cl)cc4NC(=O)[C@H]3Cc3ccccn3)CC2)c1. The highest BCUT2D eigenvalue weighted by molar-refractivity contribution is 6.31. The number of Topliss-reactive ketones (excluding diaryl/α,β-unsaturated/α-hetero) is 1. The van der Waals surface area contributed by atoms with E-state index in [-0.39, 0.29) is 29.4 Å². The van der Waals surface area contributed by atoms with Crippen molar-refractivity contribution in [1.82, 2.24) is 19.4 Å². The highest BCUT2D eigenvalue weighted by Crippen LogP contribution is 2.34. The van der Waals surface area contributed by atoms with Gasteiger partial charge in [0, 0.05) is 49.0 Å². The second-order valence-corrected chi connectivity index (χ2v) is 10.1. The fraction of sp³-hybridized carbons (Fsp3) is 0.370. The van der Waals surface area contributed by atoms with Crippen LogP contribution in [0.3, 0.4) is 0 Å². The Morgan fingerprint density at radius 3 is 2.61 bits per heavy atom. The van der Waals surface area contributed by atoms with Crippen LogP contribution in [0.15, 0.2) is 55.1 Å². The van der Waals surface area contributed by atoms with Gasteiger partial charge in [-0.25, -0.2) is 4.98 Å². The van der Waals surface area contributed by atoms with Crippen molar-refractivity contribution in [3.05, 3.63) is 77.1 Å². The molecule has 3 aromatic rings. The average Bonchev–Trinajstić information content (AvgIpc) is 3.29. The molecule has 186 valence electrons. The first kappa shape index (κ1) is 24.2. The Balaban J connectivity index is 1.35. The maximum absolute atomic E-state index is 13.7. The average molecular weight is 506 g/mol. The Bertz CT molecular complexity index is 1280. The predicted octanol–water partition coefficient (Wildman–Crippen LogP) is 4.16. The van der Waals surface area contributed by atoms with Gasteiger partial charge in [0.15, 0.2) is 5.78 Å². The van der Waals surface area contributed by atoms with Gasteiger partial charge in [-0.05, 0) is 61.9 Å². The number of aromatic nitrogens is 3. The van der Waals surface area contributed by atoms with Gasteiger partial charge in [-0.2, -0.15) is 0 Å². The van der Waals surface area contributed by atoms with E-state index in [1.54, 1.807) is 46.4 Å². The molecule has 2 aromatic heterocycles. The van der Waals surface area contributed by atoms with E-state index >= 15 is 0 Å². The second kappa shape index (κ2) is 10.2. The lowest BCUT2D eigenvalue weighted by molar-refractivity contribution is -0.120. The highest BCUT2D eigenvalue weighted by atomic mass is 35.5. The second-order valence-electron chi connectivity index (χ2n) is 9.68. The van der Waals surface area contributed by atoms with Crippen molar-refractivity contribution in [3.8, 4) is 0 Å². The van der Waals surface area contributed by atoms with E-state index in [2.05, 4.69) is 15.3 Å². The van der Waals surface area contributed by atoms with Crippen LogP contribution in [0.4, 0.5) is 5.69 Å². The van der Waals surface area contributed by atoms with Crippen LogP contribution in [-0.2, 0) is 18.3 Å². The smallest absolute Gasteiger partial charge is 0.256 e. The highest BCUT2D eigenvalue weighted by Gasteiger charge is 2.38. The summed E-state index contributed by atoms with van der Waals surface area (Å²) in [6.07, 6.45) is 8.49. The lowest BCUT2D eigenvalue weighted by Crippen LogP contribution is -2.49. The summed E-state index contributed by atoms with van der Waals surface area (Å²) >= 11 is 6.15. The molecular weight excluding hydrogens is 478 g/mol. The first-order valence-corrected chi connectivity index (χ1v) is 12.6. The number of fused-ring (bicyclic) bond motifs is 1. The van der Waals surface area contributed by atoms with E-state index in [9.17, 15) is 14.4 Å². The molecule has 0 unspecified atom stereocenters. The number of pyridine rings is 1. The Morgan fingerprint density at radius 1 is 1.11 bits per heavy atom. The van der Waals surface area contributed by atoms with E-state index < -0.39 is 6.04 Å². The number of halogens is 1. The van der Waals surface area contributed by atoms with Crippen LogP contribution in [0.25, 0.3) is 0 Å². The van der Waals surface area contributed by atoms with E-state index in [0.717, 1.165) is 31.4 Å². The number of ketones is 1. The summed E-state index contributed by atoms with van der Waals surface area (Å²) in [5.41, 5.74) is 2.10. The number of benzene rings is 1. The molecular formula is C27H28ClN5O3.